The minimum Gasteiger partial charge on any atom is -0.455 e. The van der Waals surface area contributed by atoms with Gasteiger partial charge in [-0.2, -0.15) is 0 Å². The van der Waals surface area contributed by atoms with Crippen LogP contribution in [0.5, 0.6) is 23.0 Å². The Morgan fingerprint density at radius 2 is 0.891 bits per heavy atom. The van der Waals surface area contributed by atoms with Crippen molar-refractivity contribution in [3.63, 3.8) is 0 Å². The minimum absolute atomic E-state index is 0.788. The summed E-state index contributed by atoms with van der Waals surface area (Å²) in [6.45, 7) is 0. The van der Waals surface area contributed by atoms with Gasteiger partial charge in [-0.25, -0.2) is 0 Å². The van der Waals surface area contributed by atoms with E-state index in [1.54, 1.807) is 0 Å². The molecule has 0 spiro atoms. The third-order valence-corrected chi connectivity index (χ3v) is 13.8. The lowest BCUT2D eigenvalue weighted by Crippen LogP contribution is -2.36. The van der Waals surface area contributed by atoms with Crippen LogP contribution in [-0.4, -0.2) is 0 Å². The molecule has 218 valence electrons. The molecular weight excluding hydrogens is 600 g/mol. The topological polar surface area (TPSA) is 18.5 Å². The van der Waals surface area contributed by atoms with Gasteiger partial charge >= 0.3 is 0 Å². The van der Waals surface area contributed by atoms with Gasteiger partial charge in [0.1, 0.15) is 23.0 Å². The Morgan fingerprint density at radius 1 is 0.370 bits per heavy atom. The van der Waals surface area contributed by atoms with Crippen molar-refractivity contribution >= 4 is 33.8 Å². The lowest BCUT2D eigenvalue weighted by Gasteiger charge is -2.40. The molecule has 0 saturated heterocycles. The fourth-order valence-corrected chi connectivity index (χ4v) is 11.3. The Kier molecular flexibility index (Phi) is 6.31. The first-order valence-electron chi connectivity index (χ1n) is 15.4. The summed E-state index contributed by atoms with van der Waals surface area (Å²) in [5.41, 5.74) is 8.56. The van der Waals surface area contributed by atoms with Crippen molar-refractivity contribution in [2.24, 2.45) is 0 Å². The van der Waals surface area contributed by atoms with E-state index < -0.39 is 6.04 Å². The Bertz CT molecular complexity index is 2310. The summed E-state index contributed by atoms with van der Waals surface area (Å²) in [5, 5.41) is 3.09. The zero-order valence-electron chi connectivity index (χ0n) is 24.8. The highest BCUT2D eigenvalue weighted by Gasteiger charge is 2.45. The molecule has 7 aromatic rings. The molecule has 1 unspecified atom stereocenters. The number of hydrogen-bond acceptors (Lipinski definition) is 3. The number of ether oxygens (including phenoxy) is 2. The summed E-state index contributed by atoms with van der Waals surface area (Å²) in [5.74, 6) is 3.22. The predicted octanol–water partition coefficient (Wildman–Crippen LogP) is 10.3. The first-order chi connectivity index (χ1) is 22.7. The van der Waals surface area contributed by atoms with Gasteiger partial charge in [0.25, 0.3) is 0 Å². The zero-order valence-corrected chi connectivity index (χ0v) is 26.5. The van der Waals surface area contributed by atoms with Gasteiger partial charge in [-0.3, -0.25) is 0 Å². The van der Waals surface area contributed by atoms with Crippen molar-refractivity contribution in [1.29, 1.82) is 0 Å². The van der Waals surface area contributed by atoms with Gasteiger partial charge in [-0.15, -0.1) is 0 Å². The van der Waals surface area contributed by atoms with Crippen LogP contribution >= 0.6 is 6.04 Å². The molecule has 2 aliphatic rings. The summed E-state index contributed by atoms with van der Waals surface area (Å²) in [4.78, 5) is 0. The van der Waals surface area contributed by atoms with E-state index in [4.69, 9.17) is 21.3 Å². The van der Waals surface area contributed by atoms with Crippen LogP contribution in [0, 0.1) is 0 Å². The summed E-state index contributed by atoms with van der Waals surface area (Å²) < 4.78 is 14.1. The SMILES string of the molecule is S=P12c3cc(-c4ccccc4)ccc3Oc3c(-c4ccccc4)cc(-c4ccccc4)c(c31)Oc1c(-c3ccccc3)cccc12. The first kappa shape index (κ1) is 27.1. The van der Waals surface area contributed by atoms with Crippen molar-refractivity contribution < 1.29 is 9.47 Å². The fourth-order valence-electron chi connectivity index (χ4n) is 6.76. The molecule has 4 heteroatoms. The number of fused-ring (bicyclic) bond motifs is 4. The van der Waals surface area contributed by atoms with Gasteiger partial charge < -0.3 is 9.47 Å². The van der Waals surface area contributed by atoms with Gasteiger partial charge in [-0.05, 0) is 52.1 Å². The van der Waals surface area contributed by atoms with E-state index in [2.05, 4.69) is 140 Å². The largest absolute Gasteiger partial charge is 0.455 e. The number of benzene rings is 7. The van der Waals surface area contributed by atoms with Crippen LogP contribution in [0.25, 0.3) is 44.5 Å². The Balaban J connectivity index is 1.42. The minimum atomic E-state index is -2.72. The molecule has 2 heterocycles. The van der Waals surface area contributed by atoms with E-state index in [1.165, 1.54) is 0 Å². The molecule has 0 amide bonds. The summed E-state index contributed by atoms with van der Waals surface area (Å²) in [7, 11) is 0. The molecule has 2 aliphatic heterocycles. The van der Waals surface area contributed by atoms with Crippen molar-refractivity contribution in [1.82, 2.24) is 0 Å². The van der Waals surface area contributed by atoms with E-state index in [0.29, 0.717) is 0 Å². The Hall–Kier alpha value is -5.21. The van der Waals surface area contributed by atoms with Crippen molar-refractivity contribution in [2.45, 2.75) is 0 Å². The number of hydrogen-bond donors (Lipinski definition) is 0. The smallest absolute Gasteiger partial charge is 0.148 e. The average molecular weight is 627 g/mol. The normalized spacial score (nSPS) is 15.5. The van der Waals surface area contributed by atoms with Gasteiger partial charge in [0, 0.05) is 27.3 Å². The lowest BCUT2D eigenvalue weighted by molar-refractivity contribution is 0.469. The van der Waals surface area contributed by atoms with Gasteiger partial charge in [0.15, 0.2) is 0 Å². The molecule has 0 bridgehead atoms. The lowest BCUT2D eigenvalue weighted by atomic mass is 9.96. The monoisotopic (exact) mass is 626 g/mol. The second-order valence-corrected chi connectivity index (χ2v) is 15.9. The van der Waals surface area contributed by atoms with E-state index in [0.717, 1.165) is 83.4 Å². The van der Waals surface area contributed by atoms with E-state index in [1.807, 2.05) is 24.3 Å². The molecular formula is C42H27O2PS. The van der Waals surface area contributed by atoms with Crippen LogP contribution < -0.4 is 25.4 Å². The maximum atomic E-state index is 7.16. The third-order valence-electron chi connectivity index (χ3n) is 8.93. The molecule has 46 heavy (non-hydrogen) atoms. The molecule has 2 nitrogen and oxygen atoms in total. The van der Waals surface area contributed by atoms with E-state index in [-0.39, 0.29) is 0 Å². The van der Waals surface area contributed by atoms with Crippen molar-refractivity contribution in [3.05, 3.63) is 164 Å². The highest BCUT2D eigenvalue weighted by Crippen LogP contribution is 2.63. The standard InChI is InChI=1S/C42H27O2PS/c46-45-37-23-13-22-33(29-16-7-2-8-17-29)39(37)44-41-35(31-20-11-4-12-21-31)27-34(30-18-9-3-10-19-30)40(42(41)45)43-36-25-24-32(26-38(36)45)28-14-5-1-6-15-28/h1-27H. The third kappa shape index (κ3) is 4.13. The van der Waals surface area contributed by atoms with Crippen LogP contribution in [-0.2, 0) is 11.8 Å². The highest BCUT2D eigenvalue weighted by atomic mass is 32.4. The Morgan fingerprint density at radius 3 is 1.48 bits per heavy atom. The fraction of sp³-hybridized carbons (Fsp3) is 0. The van der Waals surface area contributed by atoms with E-state index in [9.17, 15) is 0 Å². The van der Waals surface area contributed by atoms with Crippen LogP contribution in [0.3, 0.4) is 0 Å². The van der Waals surface area contributed by atoms with Crippen LogP contribution in [0.2, 0.25) is 0 Å². The quantitative estimate of drug-likeness (QED) is 0.181. The van der Waals surface area contributed by atoms with Crippen molar-refractivity contribution in [3.8, 4) is 67.5 Å². The van der Waals surface area contributed by atoms with E-state index >= 15 is 0 Å². The maximum absolute atomic E-state index is 7.16. The summed E-state index contributed by atoms with van der Waals surface area (Å²) in [6, 6.07) is 54.3. The van der Waals surface area contributed by atoms with Crippen LogP contribution in [0.15, 0.2) is 164 Å². The number of rotatable bonds is 4. The zero-order chi connectivity index (χ0) is 30.7. The van der Waals surface area contributed by atoms with Gasteiger partial charge in [-0.1, -0.05) is 151 Å². The summed E-state index contributed by atoms with van der Waals surface area (Å²) >= 11 is 7.15. The van der Waals surface area contributed by atoms with Gasteiger partial charge in [0.2, 0.25) is 0 Å². The molecule has 0 radical (unpaired) electrons. The van der Waals surface area contributed by atoms with Gasteiger partial charge in [0.05, 0.1) is 11.3 Å². The molecule has 0 aliphatic carbocycles. The van der Waals surface area contributed by atoms with Crippen LogP contribution in [0.4, 0.5) is 0 Å². The maximum Gasteiger partial charge on any atom is 0.148 e. The second kappa shape index (κ2) is 10.7. The Labute approximate surface area is 273 Å². The van der Waals surface area contributed by atoms with Crippen LogP contribution in [0.1, 0.15) is 0 Å². The van der Waals surface area contributed by atoms with Crippen molar-refractivity contribution in [2.75, 3.05) is 0 Å². The average Bonchev–Trinajstić information content (AvgIpc) is 3.13. The molecule has 7 aromatic carbocycles. The predicted molar refractivity (Wildman–Crippen MR) is 194 cm³/mol. The molecule has 9 rings (SSSR count). The molecule has 0 aromatic heterocycles. The molecule has 0 fully saturated rings. The molecule has 1 atom stereocenters. The molecule has 0 N–H and O–H groups in total. The number of para-hydroxylation sites is 1. The molecule has 0 saturated carbocycles. The first-order valence-corrected chi connectivity index (χ1v) is 18.2. The summed E-state index contributed by atoms with van der Waals surface area (Å²) in [6.07, 6.45) is 0. The highest BCUT2D eigenvalue weighted by molar-refractivity contribution is 8.26. The second-order valence-electron chi connectivity index (χ2n) is 11.6.